The van der Waals surface area contributed by atoms with Crippen molar-refractivity contribution in [2.75, 3.05) is 0 Å². The molecule has 0 amide bonds. The van der Waals surface area contributed by atoms with E-state index in [1.807, 2.05) is 0 Å². The third kappa shape index (κ3) is 8.88. The maximum atomic E-state index is 10.8. The summed E-state index contributed by atoms with van der Waals surface area (Å²) in [7, 11) is 0. The van der Waals surface area contributed by atoms with Crippen LogP contribution < -0.4 is 0 Å². The Morgan fingerprint density at radius 3 is 0.640 bits per heavy atom. The minimum absolute atomic E-state index is 0. The Morgan fingerprint density at radius 2 is 0.560 bits per heavy atom. The van der Waals surface area contributed by atoms with Crippen molar-refractivity contribution in [1.82, 2.24) is 0 Å². The maximum Gasteiger partial charge on any atom is 0.336 e. The van der Waals surface area contributed by atoms with Gasteiger partial charge in [-0.25, -0.2) is 19.2 Å². The summed E-state index contributed by atoms with van der Waals surface area (Å²) in [5.41, 5.74) is -3.15. The van der Waals surface area contributed by atoms with E-state index in [0.717, 1.165) is 0 Å². The van der Waals surface area contributed by atoms with Gasteiger partial charge >= 0.3 is 23.9 Å². The van der Waals surface area contributed by atoms with E-state index in [1.54, 1.807) is 0 Å². The van der Waals surface area contributed by atoms with Crippen LogP contribution in [0.4, 0.5) is 0 Å². The summed E-state index contributed by atoms with van der Waals surface area (Å²) in [6.07, 6.45) is 0. The molecule has 18 N–H and O–H groups in total. The molecule has 1 rings (SSSR count). The van der Waals surface area contributed by atoms with E-state index in [-0.39, 0.29) is 38.3 Å². The first-order chi connectivity index (χ1) is 8.25. The van der Waals surface area contributed by atoms with Crippen molar-refractivity contribution in [3.63, 3.8) is 0 Å². The Morgan fingerprint density at radius 1 is 0.440 bits per heavy atom. The summed E-state index contributed by atoms with van der Waals surface area (Å²) in [4.78, 5) is 43.1. The molecule has 0 aliphatic carbocycles. The predicted molar refractivity (Wildman–Crippen MR) is 79.6 cm³/mol. The van der Waals surface area contributed by atoms with Crippen LogP contribution in [-0.2, 0) is 0 Å². The first kappa shape index (κ1) is 43.1. The molecule has 150 valence electrons. The van der Waals surface area contributed by atoms with Crippen LogP contribution in [0.5, 0.6) is 0 Å². The lowest BCUT2D eigenvalue weighted by atomic mass is 9.98. The molecule has 0 unspecified atom stereocenters. The predicted octanol–water partition coefficient (Wildman–Crippen LogP) is -5.29. The fourth-order valence-electron chi connectivity index (χ4n) is 1.31. The highest BCUT2D eigenvalue weighted by Gasteiger charge is 2.24. The van der Waals surface area contributed by atoms with Crippen LogP contribution in [0, 0.1) is 0 Å². The number of hydrogen-bond donors (Lipinski definition) is 4. The summed E-state index contributed by atoms with van der Waals surface area (Å²) in [6, 6.07) is 1.02. The van der Waals surface area contributed by atoms with E-state index >= 15 is 0 Å². The standard InChI is InChI=1S/C10H6O8.7H2O/c11-7(12)3-1-4(8(13)14)6(10(17)18)2-5(3)9(15)16;;;;;;;/h1-2H,(H,11,12)(H,13,14)(H,15,16)(H,17,18);7*1H2. The number of carboxylic acid groups (broad SMARTS) is 4. The number of hydrogen-bond acceptors (Lipinski definition) is 4. The highest BCUT2D eigenvalue weighted by molar-refractivity contribution is 6.09. The zero-order valence-electron chi connectivity index (χ0n) is 12.1. The average Bonchev–Trinajstić information content (AvgIpc) is 2.26. The van der Waals surface area contributed by atoms with Gasteiger partial charge in [-0.15, -0.1) is 0 Å². The molecular formula is C10H20O15. The molecule has 0 aromatic heterocycles. The van der Waals surface area contributed by atoms with Gasteiger partial charge in [0.2, 0.25) is 0 Å². The van der Waals surface area contributed by atoms with Gasteiger partial charge < -0.3 is 58.8 Å². The molecular weight excluding hydrogens is 360 g/mol. The molecule has 0 atom stereocenters. The molecule has 1 aromatic rings. The van der Waals surface area contributed by atoms with Gasteiger partial charge in [-0.2, -0.15) is 0 Å². The van der Waals surface area contributed by atoms with Crippen LogP contribution in [0.2, 0.25) is 0 Å². The van der Waals surface area contributed by atoms with Crippen LogP contribution in [0.25, 0.3) is 0 Å². The van der Waals surface area contributed by atoms with Gasteiger partial charge in [-0.1, -0.05) is 0 Å². The van der Waals surface area contributed by atoms with Crippen molar-refractivity contribution in [2.24, 2.45) is 0 Å². The highest BCUT2D eigenvalue weighted by atomic mass is 16.4. The van der Waals surface area contributed by atoms with Gasteiger partial charge in [0.05, 0.1) is 22.3 Å². The summed E-state index contributed by atoms with van der Waals surface area (Å²) < 4.78 is 0. The summed E-state index contributed by atoms with van der Waals surface area (Å²) >= 11 is 0. The molecule has 15 nitrogen and oxygen atoms in total. The molecule has 25 heavy (non-hydrogen) atoms. The molecule has 15 heteroatoms. The van der Waals surface area contributed by atoms with Crippen LogP contribution in [0.3, 0.4) is 0 Å². The van der Waals surface area contributed by atoms with E-state index in [0.29, 0.717) is 12.1 Å². The van der Waals surface area contributed by atoms with E-state index in [2.05, 4.69) is 0 Å². The number of carbonyl (C=O) groups is 4. The van der Waals surface area contributed by atoms with Gasteiger partial charge in [0.15, 0.2) is 0 Å². The Hall–Kier alpha value is -3.18. The van der Waals surface area contributed by atoms with Crippen molar-refractivity contribution in [3.8, 4) is 0 Å². The van der Waals surface area contributed by atoms with E-state index < -0.39 is 46.1 Å². The summed E-state index contributed by atoms with van der Waals surface area (Å²) in [5, 5.41) is 35.0. The molecule has 0 saturated heterocycles. The van der Waals surface area contributed by atoms with Crippen molar-refractivity contribution in [2.45, 2.75) is 0 Å². The minimum atomic E-state index is -1.66. The molecule has 0 bridgehead atoms. The molecule has 0 heterocycles. The third-order valence-electron chi connectivity index (χ3n) is 2.08. The van der Waals surface area contributed by atoms with E-state index in [4.69, 9.17) is 20.4 Å². The lowest BCUT2D eigenvalue weighted by Crippen LogP contribution is -2.15. The monoisotopic (exact) mass is 380 g/mol. The second-order valence-corrected chi connectivity index (χ2v) is 3.16. The molecule has 0 aliphatic heterocycles. The fourth-order valence-corrected chi connectivity index (χ4v) is 1.31. The van der Waals surface area contributed by atoms with Gasteiger partial charge in [0.25, 0.3) is 0 Å². The molecule has 0 aliphatic rings. The summed E-state index contributed by atoms with van der Waals surface area (Å²) in [6.45, 7) is 0. The van der Waals surface area contributed by atoms with E-state index in [9.17, 15) is 19.2 Å². The van der Waals surface area contributed by atoms with Gasteiger partial charge in [-0.05, 0) is 12.1 Å². The summed E-state index contributed by atoms with van der Waals surface area (Å²) in [5.74, 6) is -6.64. The van der Waals surface area contributed by atoms with Crippen molar-refractivity contribution in [3.05, 3.63) is 34.4 Å². The topological polar surface area (TPSA) is 370 Å². The molecule has 0 spiro atoms. The first-order valence-electron chi connectivity index (χ1n) is 4.37. The SMILES string of the molecule is O.O.O.O.O.O.O.O=C(O)c1cc(C(=O)O)c(C(=O)O)cc1C(=O)O. The van der Waals surface area contributed by atoms with Crippen LogP contribution in [0.15, 0.2) is 12.1 Å². The second kappa shape index (κ2) is 15.7. The van der Waals surface area contributed by atoms with Crippen molar-refractivity contribution >= 4 is 23.9 Å². The highest BCUT2D eigenvalue weighted by Crippen LogP contribution is 2.18. The molecule has 0 fully saturated rings. The Kier molecular flexibility index (Phi) is 27.1. The fraction of sp³-hybridized carbons (Fsp3) is 0. The lowest BCUT2D eigenvalue weighted by Gasteiger charge is -2.06. The van der Waals surface area contributed by atoms with Crippen LogP contribution in [0.1, 0.15) is 41.4 Å². The normalized spacial score (nSPS) is 7.04. The smallest absolute Gasteiger partial charge is 0.336 e. The molecule has 0 saturated carbocycles. The van der Waals surface area contributed by atoms with Gasteiger partial charge in [0, 0.05) is 0 Å². The van der Waals surface area contributed by atoms with Crippen LogP contribution >= 0.6 is 0 Å². The zero-order valence-corrected chi connectivity index (χ0v) is 12.1. The largest absolute Gasteiger partial charge is 0.478 e. The van der Waals surface area contributed by atoms with Gasteiger partial charge in [-0.3, -0.25) is 0 Å². The quantitative estimate of drug-likeness (QED) is 0.389. The van der Waals surface area contributed by atoms with Crippen molar-refractivity contribution in [1.29, 1.82) is 0 Å². The van der Waals surface area contributed by atoms with Gasteiger partial charge in [0.1, 0.15) is 0 Å². The Balaban J connectivity index is -0.0000000926. The molecule has 1 aromatic carbocycles. The Bertz CT molecular complexity index is 480. The first-order valence-corrected chi connectivity index (χ1v) is 4.37. The number of benzene rings is 1. The average molecular weight is 380 g/mol. The van der Waals surface area contributed by atoms with Crippen LogP contribution in [-0.4, -0.2) is 82.6 Å². The minimum Gasteiger partial charge on any atom is -0.478 e. The van der Waals surface area contributed by atoms with E-state index in [1.165, 1.54) is 0 Å². The molecule has 0 radical (unpaired) electrons. The third-order valence-corrected chi connectivity index (χ3v) is 2.08. The lowest BCUT2D eigenvalue weighted by molar-refractivity contribution is 0.0637. The zero-order chi connectivity index (χ0) is 14.0. The maximum absolute atomic E-state index is 10.8. The van der Waals surface area contributed by atoms with Crippen molar-refractivity contribution < 1.29 is 77.9 Å². The number of rotatable bonds is 4. The Labute approximate surface area is 137 Å². The second-order valence-electron chi connectivity index (χ2n) is 3.16. The number of aromatic carboxylic acids is 4. The number of carboxylic acids is 4.